The van der Waals surface area contributed by atoms with Crippen LogP contribution in [0, 0.1) is 0 Å². The molecule has 0 aliphatic carbocycles. The van der Waals surface area contributed by atoms with Gasteiger partial charge in [-0.25, -0.2) is 0 Å². The second-order valence-electron chi connectivity index (χ2n) is 5.09. The number of nitrogens with one attached hydrogen (secondary N) is 1. The molecular weight excluding hydrogens is 214 g/mol. The number of benzene rings is 1. The maximum atomic E-state index is 11.8. The molecule has 0 saturated carbocycles. The van der Waals surface area contributed by atoms with Gasteiger partial charge in [0.05, 0.1) is 5.60 Å². The van der Waals surface area contributed by atoms with E-state index in [1.165, 1.54) is 0 Å². The van der Waals surface area contributed by atoms with Gasteiger partial charge in [-0.2, -0.15) is 0 Å². The second kappa shape index (κ2) is 5.82. The van der Waals surface area contributed by atoms with E-state index in [9.17, 15) is 9.90 Å². The minimum atomic E-state index is -0.675. The third-order valence-electron chi connectivity index (χ3n) is 2.60. The quantitative estimate of drug-likeness (QED) is 0.823. The highest BCUT2D eigenvalue weighted by atomic mass is 16.3. The zero-order chi connectivity index (χ0) is 12.9. The first kappa shape index (κ1) is 13.7. The molecule has 3 heteroatoms. The molecule has 0 fully saturated rings. The average Bonchev–Trinajstić information content (AvgIpc) is 2.27. The third kappa shape index (κ3) is 5.50. The largest absolute Gasteiger partial charge is 0.390 e. The lowest BCUT2D eigenvalue weighted by molar-refractivity contribution is 0.0647. The first-order valence-corrected chi connectivity index (χ1v) is 5.97. The van der Waals surface area contributed by atoms with Crippen LogP contribution in [-0.4, -0.2) is 22.7 Å². The number of rotatable bonds is 5. The summed E-state index contributed by atoms with van der Waals surface area (Å²) in [4.78, 5) is 11.8. The first-order chi connectivity index (χ1) is 7.88. The summed E-state index contributed by atoms with van der Waals surface area (Å²) < 4.78 is 0. The van der Waals surface area contributed by atoms with Crippen molar-refractivity contribution in [3.05, 3.63) is 35.9 Å². The summed E-state index contributed by atoms with van der Waals surface area (Å²) in [7, 11) is 0. The minimum Gasteiger partial charge on any atom is -0.390 e. The van der Waals surface area contributed by atoms with E-state index in [4.69, 9.17) is 0 Å². The molecule has 0 saturated heterocycles. The van der Waals surface area contributed by atoms with E-state index in [0.717, 1.165) is 6.42 Å². The Bertz CT molecular complexity index is 354. The third-order valence-corrected chi connectivity index (χ3v) is 2.60. The van der Waals surface area contributed by atoms with Crippen LogP contribution in [0.5, 0.6) is 0 Å². The number of amides is 1. The number of aliphatic hydroxyl groups is 1. The zero-order valence-corrected chi connectivity index (χ0v) is 10.7. The van der Waals surface area contributed by atoms with Crippen LogP contribution in [0.15, 0.2) is 30.3 Å². The van der Waals surface area contributed by atoms with Crippen LogP contribution in [0.1, 0.15) is 44.0 Å². The molecule has 1 aromatic rings. The molecular formula is C14H21NO2. The maximum Gasteiger partial charge on any atom is 0.251 e. The summed E-state index contributed by atoms with van der Waals surface area (Å²) >= 11 is 0. The lowest BCUT2D eigenvalue weighted by atomic mass is 10.00. The summed E-state index contributed by atoms with van der Waals surface area (Å²) in [6, 6.07) is 9.21. The molecule has 1 rings (SSSR count). The van der Waals surface area contributed by atoms with Crippen LogP contribution in [0.25, 0.3) is 0 Å². The zero-order valence-electron chi connectivity index (χ0n) is 10.7. The summed E-state index contributed by atoms with van der Waals surface area (Å²) in [5.74, 6) is -0.0613. The second-order valence-corrected chi connectivity index (χ2v) is 5.09. The van der Waals surface area contributed by atoms with Gasteiger partial charge < -0.3 is 10.4 Å². The monoisotopic (exact) mass is 235 g/mol. The predicted molar refractivity (Wildman–Crippen MR) is 68.9 cm³/mol. The Balaban J connectivity index is 2.42. The Morgan fingerprint density at radius 3 is 2.47 bits per heavy atom. The molecule has 1 amide bonds. The van der Waals surface area contributed by atoms with E-state index in [2.05, 4.69) is 5.32 Å². The van der Waals surface area contributed by atoms with Crippen molar-refractivity contribution in [1.29, 1.82) is 0 Å². The number of hydrogen-bond donors (Lipinski definition) is 2. The van der Waals surface area contributed by atoms with Crippen molar-refractivity contribution < 1.29 is 9.90 Å². The van der Waals surface area contributed by atoms with Crippen molar-refractivity contribution in [2.24, 2.45) is 0 Å². The van der Waals surface area contributed by atoms with Gasteiger partial charge in [-0.05, 0) is 45.7 Å². The van der Waals surface area contributed by atoms with E-state index in [1.807, 2.05) is 25.1 Å². The molecule has 0 radical (unpaired) electrons. The summed E-state index contributed by atoms with van der Waals surface area (Å²) in [6.45, 7) is 5.50. The van der Waals surface area contributed by atoms with Crippen LogP contribution in [0.3, 0.4) is 0 Å². The summed E-state index contributed by atoms with van der Waals surface area (Å²) in [5, 5.41) is 12.5. The molecule has 0 aliphatic heterocycles. The van der Waals surface area contributed by atoms with Gasteiger partial charge in [0.15, 0.2) is 0 Å². The summed E-state index contributed by atoms with van der Waals surface area (Å²) in [5.41, 5.74) is -0.00578. The van der Waals surface area contributed by atoms with E-state index in [1.54, 1.807) is 26.0 Å². The van der Waals surface area contributed by atoms with Gasteiger partial charge in [0.25, 0.3) is 5.91 Å². The highest BCUT2D eigenvalue weighted by molar-refractivity contribution is 5.94. The van der Waals surface area contributed by atoms with Gasteiger partial charge in [-0.1, -0.05) is 18.2 Å². The SMILES string of the molecule is CC(CCC(C)(C)O)NC(=O)c1ccccc1. The minimum absolute atomic E-state index is 0.0613. The molecule has 3 nitrogen and oxygen atoms in total. The standard InChI is InChI=1S/C14H21NO2/c1-11(9-10-14(2,3)17)15-13(16)12-7-5-4-6-8-12/h4-8,11,17H,9-10H2,1-3H3,(H,15,16). The average molecular weight is 235 g/mol. The number of carbonyl (C=O) groups excluding carboxylic acids is 1. The van der Waals surface area contributed by atoms with E-state index < -0.39 is 5.60 Å². The molecule has 0 aromatic heterocycles. The predicted octanol–water partition coefficient (Wildman–Crippen LogP) is 2.36. The van der Waals surface area contributed by atoms with Crippen LogP contribution in [0.2, 0.25) is 0 Å². The van der Waals surface area contributed by atoms with Crippen molar-refractivity contribution >= 4 is 5.91 Å². The first-order valence-electron chi connectivity index (χ1n) is 5.97. The molecule has 1 aromatic carbocycles. The highest BCUT2D eigenvalue weighted by Gasteiger charge is 2.15. The normalized spacial score (nSPS) is 13.2. The molecule has 94 valence electrons. The van der Waals surface area contributed by atoms with Crippen molar-refractivity contribution in [3.63, 3.8) is 0 Å². The van der Waals surface area contributed by atoms with Gasteiger partial charge >= 0.3 is 0 Å². The van der Waals surface area contributed by atoms with Gasteiger partial charge in [-0.3, -0.25) is 4.79 Å². The number of hydrogen-bond acceptors (Lipinski definition) is 2. The van der Waals surface area contributed by atoms with Gasteiger partial charge in [-0.15, -0.1) is 0 Å². The molecule has 1 atom stereocenters. The lowest BCUT2D eigenvalue weighted by Crippen LogP contribution is -2.34. The molecule has 17 heavy (non-hydrogen) atoms. The van der Waals surface area contributed by atoms with Gasteiger partial charge in [0.2, 0.25) is 0 Å². The summed E-state index contributed by atoms with van der Waals surface area (Å²) in [6.07, 6.45) is 1.44. The molecule has 0 aliphatic rings. The maximum absolute atomic E-state index is 11.8. The molecule has 0 spiro atoms. The Kier molecular flexibility index (Phi) is 4.70. The van der Waals surface area contributed by atoms with Crippen LogP contribution in [-0.2, 0) is 0 Å². The van der Waals surface area contributed by atoms with Gasteiger partial charge in [0.1, 0.15) is 0 Å². The van der Waals surface area contributed by atoms with Crippen molar-refractivity contribution in [3.8, 4) is 0 Å². The van der Waals surface area contributed by atoms with Gasteiger partial charge in [0, 0.05) is 11.6 Å². The molecule has 0 bridgehead atoms. The Hall–Kier alpha value is -1.35. The smallest absolute Gasteiger partial charge is 0.251 e. The van der Waals surface area contributed by atoms with Crippen molar-refractivity contribution in [1.82, 2.24) is 5.32 Å². The topological polar surface area (TPSA) is 49.3 Å². The number of carbonyl (C=O) groups is 1. The Labute approximate surface area is 103 Å². The molecule has 0 heterocycles. The van der Waals surface area contributed by atoms with Crippen LogP contribution in [0.4, 0.5) is 0 Å². The molecule has 2 N–H and O–H groups in total. The fraction of sp³-hybridized carbons (Fsp3) is 0.500. The van der Waals surface area contributed by atoms with Crippen LogP contribution >= 0.6 is 0 Å². The molecule has 1 unspecified atom stereocenters. The Morgan fingerprint density at radius 1 is 1.35 bits per heavy atom. The van der Waals surface area contributed by atoms with E-state index in [0.29, 0.717) is 12.0 Å². The van der Waals surface area contributed by atoms with Crippen molar-refractivity contribution in [2.45, 2.75) is 45.3 Å². The fourth-order valence-electron chi connectivity index (χ4n) is 1.54. The Morgan fingerprint density at radius 2 is 1.94 bits per heavy atom. The van der Waals surface area contributed by atoms with E-state index >= 15 is 0 Å². The van der Waals surface area contributed by atoms with E-state index in [-0.39, 0.29) is 11.9 Å². The van der Waals surface area contributed by atoms with Crippen LogP contribution < -0.4 is 5.32 Å². The fourth-order valence-corrected chi connectivity index (χ4v) is 1.54. The highest BCUT2D eigenvalue weighted by Crippen LogP contribution is 2.12. The lowest BCUT2D eigenvalue weighted by Gasteiger charge is -2.20. The van der Waals surface area contributed by atoms with Crippen molar-refractivity contribution in [2.75, 3.05) is 0 Å².